The van der Waals surface area contributed by atoms with Gasteiger partial charge in [0.15, 0.2) is 0 Å². The van der Waals surface area contributed by atoms with E-state index in [4.69, 9.17) is 5.73 Å². The van der Waals surface area contributed by atoms with Crippen LogP contribution in [0.4, 0.5) is 0 Å². The summed E-state index contributed by atoms with van der Waals surface area (Å²) in [5.74, 6) is 0.516. The number of piperidine rings is 1. The molecule has 3 N–H and O–H groups in total. The van der Waals surface area contributed by atoms with Gasteiger partial charge in [-0.05, 0) is 29.4 Å². The maximum atomic E-state index is 11.6. The number of carbonyl (C=O) groups excluding carboxylic acids is 2. The summed E-state index contributed by atoms with van der Waals surface area (Å²) in [6.45, 7) is 8.18. The molecule has 2 atom stereocenters. The first-order valence-electron chi connectivity index (χ1n) is 8.28. The Balaban J connectivity index is 1.97. The Morgan fingerprint density at radius 3 is 2.39 bits per heavy atom. The van der Waals surface area contributed by atoms with Crippen LogP contribution in [-0.4, -0.2) is 29.8 Å². The Morgan fingerprint density at radius 1 is 1.17 bits per heavy atom. The van der Waals surface area contributed by atoms with Gasteiger partial charge in [0.25, 0.3) is 0 Å². The van der Waals surface area contributed by atoms with Crippen LogP contribution in [0.5, 0.6) is 0 Å². The van der Waals surface area contributed by atoms with E-state index in [-0.39, 0.29) is 12.3 Å². The second-order valence-electron chi connectivity index (χ2n) is 6.83. The maximum Gasteiger partial charge on any atom is 0.229 e. The van der Waals surface area contributed by atoms with Crippen molar-refractivity contribution < 1.29 is 9.59 Å². The van der Waals surface area contributed by atoms with Crippen molar-refractivity contribution in [3.63, 3.8) is 0 Å². The normalized spacial score (nSPS) is 21.8. The Morgan fingerprint density at radius 2 is 1.78 bits per heavy atom. The van der Waals surface area contributed by atoms with E-state index in [0.717, 1.165) is 37.0 Å². The Labute approximate surface area is 138 Å². The summed E-state index contributed by atoms with van der Waals surface area (Å²) in [6, 6.07) is 8.14. The second-order valence-corrected chi connectivity index (χ2v) is 6.83. The zero-order valence-electron chi connectivity index (χ0n) is 14.0. The quantitative estimate of drug-likeness (QED) is 0.784. The van der Waals surface area contributed by atoms with E-state index in [1.165, 1.54) is 12.0 Å². The molecule has 2 rings (SSSR count). The number of nitrogens with one attached hydrogen (secondary N) is 1. The maximum absolute atomic E-state index is 11.6. The number of likely N-dealkylation sites (tertiary alicyclic amines) is 1. The van der Waals surface area contributed by atoms with Gasteiger partial charge in [0.05, 0.1) is 0 Å². The van der Waals surface area contributed by atoms with Gasteiger partial charge in [0.1, 0.15) is 6.42 Å². The average Bonchev–Trinajstić information content (AvgIpc) is 2.44. The number of carbonyl (C=O) groups is 2. The molecule has 126 valence electrons. The summed E-state index contributed by atoms with van der Waals surface area (Å²) >= 11 is 0. The molecule has 0 radical (unpaired) electrons. The minimum Gasteiger partial charge on any atom is -0.369 e. The van der Waals surface area contributed by atoms with Crippen LogP contribution in [0.2, 0.25) is 0 Å². The molecule has 1 aliphatic heterocycles. The van der Waals surface area contributed by atoms with Gasteiger partial charge in [0.2, 0.25) is 11.8 Å². The van der Waals surface area contributed by atoms with Gasteiger partial charge < -0.3 is 11.1 Å². The number of hydrogen-bond acceptors (Lipinski definition) is 3. The Kier molecular flexibility index (Phi) is 6.16. The molecule has 0 saturated carbocycles. The van der Waals surface area contributed by atoms with Crippen LogP contribution >= 0.6 is 0 Å². The molecule has 0 aliphatic carbocycles. The van der Waals surface area contributed by atoms with Crippen LogP contribution in [0, 0.1) is 11.8 Å². The van der Waals surface area contributed by atoms with Crippen molar-refractivity contribution in [1.82, 2.24) is 10.2 Å². The van der Waals surface area contributed by atoms with Crippen molar-refractivity contribution in [2.45, 2.75) is 39.8 Å². The van der Waals surface area contributed by atoms with Gasteiger partial charge in [-0.3, -0.25) is 14.5 Å². The van der Waals surface area contributed by atoms with Crippen LogP contribution in [0.25, 0.3) is 0 Å². The molecule has 0 spiro atoms. The fraction of sp³-hybridized carbons (Fsp3) is 0.556. The molecule has 1 aliphatic rings. The van der Waals surface area contributed by atoms with E-state index in [9.17, 15) is 9.59 Å². The van der Waals surface area contributed by atoms with E-state index in [0.29, 0.717) is 6.54 Å². The highest BCUT2D eigenvalue weighted by Crippen LogP contribution is 2.23. The SMILES string of the molecule is C[C@@H]1C[C@@H](C)CN(Cc2ccccc2CNC(=O)CC(N)=O)C1. The molecule has 5 nitrogen and oxygen atoms in total. The standard InChI is InChI=1S/C18H27N3O2/c1-13-7-14(2)11-21(10-13)12-16-6-4-3-5-15(16)9-20-18(23)8-17(19)22/h3-6,13-14H,7-12H2,1-2H3,(H2,19,22)(H,20,23)/t13-,14-/m1/s1. The molecule has 5 heteroatoms. The minimum atomic E-state index is -0.605. The number of rotatable bonds is 6. The first-order valence-corrected chi connectivity index (χ1v) is 8.28. The highest BCUT2D eigenvalue weighted by atomic mass is 16.2. The summed E-state index contributed by atoms with van der Waals surface area (Å²) in [5.41, 5.74) is 7.36. The fourth-order valence-electron chi connectivity index (χ4n) is 3.46. The molecular formula is C18H27N3O2. The third kappa shape index (κ3) is 5.67. The molecule has 0 bridgehead atoms. The molecule has 0 aromatic heterocycles. The Hall–Kier alpha value is -1.88. The minimum absolute atomic E-state index is 0.261. The second kappa shape index (κ2) is 8.11. The fourth-order valence-corrected chi connectivity index (χ4v) is 3.46. The number of amides is 2. The van der Waals surface area contributed by atoms with Crippen molar-refractivity contribution >= 4 is 11.8 Å². The summed E-state index contributed by atoms with van der Waals surface area (Å²) in [4.78, 5) is 24.8. The van der Waals surface area contributed by atoms with Crippen molar-refractivity contribution in [2.24, 2.45) is 17.6 Å². The van der Waals surface area contributed by atoms with Crippen LogP contribution < -0.4 is 11.1 Å². The number of hydrogen-bond donors (Lipinski definition) is 2. The van der Waals surface area contributed by atoms with Gasteiger partial charge in [-0.25, -0.2) is 0 Å². The van der Waals surface area contributed by atoms with E-state index < -0.39 is 5.91 Å². The molecule has 23 heavy (non-hydrogen) atoms. The number of nitrogens with zero attached hydrogens (tertiary/aromatic N) is 1. The van der Waals surface area contributed by atoms with Crippen molar-refractivity contribution in [3.05, 3.63) is 35.4 Å². The monoisotopic (exact) mass is 317 g/mol. The molecule has 1 heterocycles. The van der Waals surface area contributed by atoms with Gasteiger partial charge in [-0.2, -0.15) is 0 Å². The molecule has 0 unspecified atom stereocenters. The van der Waals surface area contributed by atoms with E-state index >= 15 is 0 Å². The van der Waals surface area contributed by atoms with Crippen LogP contribution in [-0.2, 0) is 22.7 Å². The van der Waals surface area contributed by atoms with Crippen molar-refractivity contribution in [2.75, 3.05) is 13.1 Å². The summed E-state index contributed by atoms with van der Waals surface area (Å²) in [5, 5.41) is 2.77. The molecule has 1 aromatic rings. The average molecular weight is 317 g/mol. The molecule has 2 amide bonds. The predicted molar refractivity (Wildman–Crippen MR) is 90.3 cm³/mol. The van der Waals surface area contributed by atoms with Crippen LogP contribution in [0.15, 0.2) is 24.3 Å². The van der Waals surface area contributed by atoms with E-state index in [2.05, 4.69) is 30.1 Å². The highest BCUT2D eigenvalue weighted by molar-refractivity contribution is 5.95. The van der Waals surface area contributed by atoms with Gasteiger partial charge in [0, 0.05) is 26.2 Å². The lowest BCUT2D eigenvalue weighted by atomic mass is 9.91. The third-order valence-electron chi connectivity index (χ3n) is 4.27. The number of nitrogens with two attached hydrogens (primary N) is 1. The van der Waals surface area contributed by atoms with Crippen LogP contribution in [0.3, 0.4) is 0 Å². The zero-order valence-corrected chi connectivity index (χ0v) is 14.0. The van der Waals surface area contributed by atoms with E-state index in [1.807, 2.05) is 18.2 Å². The Bertz CT molecular complexity index is 549. The molecular weight excluding hydrogens is 290 g/mol. The lowest BCUT2D eigenvalue weighted by Crippen LogP contribution is -2.38. The molecule has 1 saturated heterocycles. The first kappa shape index (κ1) is 17.5. The van der Waals surface area contributed by atoms with Gasteiger partial charge in [-0.15, -0.1) is 0 Å². The summed E-state index contributed by atoms with van der Waals surface area (Å²) in [6.07, 6.45) is 1.03. The van der Waals surface area contributed by atoms with E-state index in [1.54, 1.807) is 0 Å². The lowest BCUT2D eigenvalue weighted by Gasteiger charge is -2.35. The highest BCUT2D eigenvalue weighted by Gasteiger charge is 2.22. The number of benzene rings is 1. The van der Waals surface area contributed by atoms with Crippen molar-refractivity contribution in [3.8, 4) is 0 Å². The van der Waals surface area contributed by atoms with Crippen LogP contribution in [0.1, 0.15) is 37.8 Å². The summed E-state index contributed by atoms with van der Waals surface area (Å²) < 4.78 is 0. The first-order chi connectivity index (χ1) is 10.9. The van der Waals surface area contributed by atoms with Gasteiger partial charge >= 0.3 is 0 Å². The lowest BCUT2D eigenvalue weighted by molar-refractivity contribution is -0.127. The smallest absolute Gasteiger partial charge is 0.229 e. The largest absolute Gasteiger partial charge is 0.369 e. The van der Waals surface area contributed by atoms with Crippen molar-refractivity contribution in [1.29, 1.82) is 0 Å². The number of primary amides is 1. The predicted octanol–water partition coefficient (Wildman–Crippen LogP) is 1.66. The van der Waals surface area contributed by atoms with Gasteiger partial charge in [-0.1, -0.05) is 38.1 Å². The zero-order chi connectivity index (χ0) is 16.8. The molecule has 1 aromatic carbocycles. The molecule has 1 fully saturated rings. The third-order valence-corrected chi connectivity index (χ3v) is 4.27. The summed E-state index contributed by atoms with van der Waals surface area (Å²) in [7, 11) is 0. The topological polar surface area (TPSA) is 75.4 Å².